The summed E-state index contributed by atoms with van der Waals surface area (Å²) in [5.74, 6) is 2.32. The van der Waals surface area contributed by atoms with E-state index in [2.05, 4.69) is 15.0 Å². The number of aromatic hydroxyl groups is 5. The SMILES string of the molecule is COc1cccc(/C=C/c2nc3ccccc3c(=O)n2-c2c(O)cccc2O)c1O.COc1cccc(/C=C/c2nc3ccccc3c(=O)n2-c2ccc(Cl)cc2)c1O.COc1cccc(/C=C/c2nc3ccccc3c(=O)n2-c2ccccc2)c1O.COc1cccc(/C=C/c2nc3ccccc3c(=O)n2-c2ccccc2)c1OC(C)=O. The number of nitrogens with zero attached hydrogens (tertiary/aromatic N) is 8. The smallest absolute Gasteiger partial charge is 0.308 e. The maximum atomic E-state index is 13.3. The van der Waals surface area contributed by atoms with Gasteiger partial charge in [-0.25, -0.2) is 19.9 Å². The van der Waals surface area contributed by atoms with E-state index >= 15 is 0 Å². The lowest BCUT2D eigenvalue weighted by Gasteiger charge is -2.14. The highest BCUT2D eigenvalue weighted by atomic mass is 35.5. The van der Waals surface area contributed by atoms with Crippen LogP contribution < -0.4 is 45.9 Å². The zero-order chi connectivity index (χ0) is 82.9. The number of fused-ring (bicyclic) bond motifs is 4. The van der Waals surface area contributed by atoms with Crippen molar-refractivity contribution in [2.24, 2.45) is 0 Å². The van der Waals surface area contributed by atoms with Gasteiger partial charge >= 0.3 is 5.97 Å². The molecule has 118 heavy (non-hydrogen) atoms. The first-order valence-electron chi connectivity index (χ1n) is 36.5. The number of hydrogen-bond donors (Lipinski definition) is 5. The molecular weight excluding hydrogens is 1520 g/mol. The lowest BCUT2D eigenvalue weighted by molar-refractivity contribution is -0.132. The van der Waals surface area contributed by atoms with E-state index in [1.54, 1.807) is 209 Å². The van der Waals surface area contributed by atoms with Gasteiger partial charge in [-0.1, -0.05) is 151 Å². The highest BCUT2D eigenvalue weighted by molar-refractivity contribution is 6.30. The van der Waals surface area contributed by atoms with Crippen molar-refractivity contribution in [2.75, 3.05) is 28.4 Å². The third-order valence-electron chi connectivity index (χ3n) is 18.4. The summed E-state index contributed by atoms with van der Waals surface area (Å²) in [4.78, 5) is 83.0. The molecule has 0 saturated carbocycles. The van der Waals surface area contributed by atoms with Gasteiger partial charge in [0.05, 0.1) is 89.1 Å². The van der Waals surface area contributed by atoms with Crippen molar-refractivity contribution in [2.45, 2.75) is 6.92 Å². The van der Waals surface area contributed by atoms with Crippen molar-refractivity contribution in [3.05, 3.63) is 365 Å². The molecule has 0 aliphatic carbocycles. The summed E-state index contributed by atoms with van der Waals surface area (Å²) < 4.78 is 31.9. The van der Waals surface area contributed by atoms with E-state index in [1.807, 2.05) is 97.1 Å². The number of carbonyl (C=O) groups is 1. The molecule has 0 saturated heterocycles. The van der Waals surface area contributed by atoms with Crippen LogP contribution in [0, 0.1) is 0 Å². The minimum atomic E-state index is -0.454. The highest BCUT2D eigenvalue weighted by Gasteiger charge is 2.21. The number of rotatable bonds is 17. The zero-order valence-corrected chi connectivity index (χ0v) is 64.6. The fourth-order valence-electron chi connectivity index (χ4n) is 12.8. The fraction of sp³-hybridized carbons (Fsp3) is 0.0532. The molecule has 16 rings (SSSR count). The number of ether oxygens (including phenoxy) is 5. The van der Waals surface area contributed by atoms with Gasteiger partial charge < -0.3 is 49.2 Å². The number of esters is 1. The zero-order valence-electron chi connectivity index (χ0n) is 63.9. The Morgan fingerprint density at radius 2 is 0.593 bits per heavy atom. The number of aromatic nitrogens is 8. The van der Waals surface area contributed by atoms with E-state index < -0.39 is 11.5 Å². The van der Waals surface area contributed by atoms with Crippen LogP contribution in [-0.4, -0.2) is 98.1 Å². The van der Waals surface area contributed by atoms with Crippen molar-refractivity contribution in [3.8, 4) is 80.2 Å². The van der Waals surface area contributed by atoms with Gasteiger partial charge in [-0.05, 0) is 182 Å². The van der Waals surface area contributed by atoms with Gasteiger partial charge in [0, 0.05) is 34.2 Å². The predicted octanol–water partition coefficient (Wildman–Crippen LogP) is 17.4. The molecule has 0 aliphatic rings. The third-order valence-corrected chi connectivity index (χ3v) is 18.7. The lowest BCUT2D eigenvalue weighted by Crippen LogP contribution is -2.22. The summed E-state index contributed by atoms with van der Waals surface area (Å²) in [6, 6.07) is 79.1. The van der Waals surface area contributed by atoms with E-state index in [-0.39, 0.29) is 56.9 Å². The van der Waals surface area contributed by atoms with Gasteiger partial charge in [-0.15, -0.1) is 0 Å². The predicted molar refractivity (Wildman–Crippen MR) is 462 cm³/mol. The first-order valence-corrected chi connectivity index (χ1v) is 36.9. The van der Waals surface area contributed by atoms with Crippen molar-refractivity contribution in [1.82, 2.24) is 38.2 Å². The van der Waals surface area contributed by atoms with Crippen molar-refractivity contribution in [1.29, 1.82) is 0 Å². The molecule has 0 atom stereocenters. The van der Waals surface area contributed by atoms with E-state index in [0.29, 0.717) is 128 Å². The maximum absolute atomic E-state index is 13.3. The molecule has 5 N–H and O–H groups in total. The van der Waals surface area contributed by atoms with Crippen LogP contribution in [0.25, 0.3) is 115 Å². The van der Waals surface area contributed by atoms with Crippen molar-refractivity contribution in [3.63, 3.8) is 0 Å². The quantitative estimate of drug-likeness (QED) is 0.0418. The van der Waals surface area contributed by atoms with Crippen LogP contribution in [-0.2, 0) is 4.79 Å². The van der Waals surface area contributed by atoms with E-state index in [4.69, 9.17) is 40.3 Å². The molecule has 16 aromatic rings. The number of hydrogen-bond acceptors (Lipinski definition) is 19. The summed E-state index contributed by atoms with van der Waals surface area (Å²) in [5, 5.41) is 54.1. The number of para-hydroxylation sites is 11. The molecule has 0 amide bonds. The Morgan fingerprint density at radius 3 is 0.932 bits per heavy atom. The normalized spacial score (nSPS) is 11.2. The first kappa shape index (κ1) is 80.2. The highest BCUT2D eigenvalue weighted by Crippen LogP contribution is 2.37. The first-order chi connectivity index (χ1) is 57.4. The van der Waals surface area contributed by atoms with E-state index in [1.165, 1.54) is 64.2 Å². The Balaban J connectivity index is 0.000000136. The molecule has 0 fully saturated rings. The molecule has 12 aromatic carbocycles. The van der Waals surface area contributed by atoms with E-state index in [9.17, 15) is 49.5 Å². The summed E-state index contributed by atoms with van der Waals surface area (Å²) in [6.07, 6.45) is 13.4. The molecule has 0 unspecified atom stereocenters. The summed E-state index contributed by atoms with van der Waals surface area (Å²) >= 11 is 6.00. The number of methoxy groups -OCH3 is 4. The molecule has 0 radical (unpaired) electrons. The van der Waals surface area contributed by atoms with Crippen LogP contribution in [0.2, 0.25) is 5.02 Å². The molecule has 24 heteroatoms. The Morgan fingerprint density at radius 1 is 0.314 bits per heavy atom. The standard InChI is InChI=1S/C25H20N2O4.C23H17ClN2O3.C23H18N2O5.C23H18N2O3/c1-17(28)31-24-18(9-8-14-22(24)30-2)15-16-23-26-21-13-7-6-12-20(21)25(29)27(23)19-10-4-3-5-11-19;1-29-20-8-4-5-15(22(20)27)9-14-21-25-19-7-3-2-6-18(19)23(28)26(21)17-12-10-16(24)11-13-17;1-30-19-11-4-6-14(22(19)28)12-13-20-24-16-8-3-2-7-15(16)23(29)25(20)21-17(26)9-5-10-18(21)27;1-28-20-13-7-8-16(22(20)26)14-15-21-24-19-12-6-5-11-18(19)23(27)25(21)17-9-3-2-4-10-17/h3-16H,1-2H3;2-14,27H,1H3;2-13,26-28H,1H3;2-15,26H,1H3/b16-15+;14-9+;13-12+;15-14+. The van der Waals surface area contributed by atoms with Gasteiger partial charge in [-0.2, -0.15) is 0 Å². The van der Waals surface area contributed by atoms with Gasteiger partial charge in [0.15, 0.2) is 46.0 Å². The number of phenols is 5. The molecular formula is C94H73ClN8O15. The van der Waals surface area contributed by atoms with Gasteiger partial charge in [-0.3, -0.25) is 42.2 Å². The van der Waals surface area contributed by atoms with Gasteiger partial charge in [0.1, 0.15) is 40.5 Å². The molecule has 4 heterocycles. The summed E-state index contributed by atoms with van der Waals surface area (Å²) in [5.41, 5.74) is 5.52. The average molecular weight is 1590 g/mol. The molecule has 4 aromatic heterocycles. The molecule has 0 spiro atoms. The average Bonchev–Trinajstić information content (AvgIpc) is 0.777. The number of carbonyl (C=O) groups excluding carboxylic acids is 1. The molecule has 23 nitrogen and oxygen atoms in total. The van der Waals surface area contributed by atoms with Crippen LogP contribution in [0.3, 0.4) is 0 Å². The fourth-order valence-corrected chi connectivity index (χ4v) is 12.9. The number of benzene rings is 12. The molecule has 0 aliphatic heterocycles. The van der Waals surface area contributed by atoms with Crippen molar-refractivity contribution >= 4 is 110 Å². The topological polar surface area (TPSA) is 304 Å². The molecule has 586 valence electrons. The second-order valence-corrected chi connectivity index (χ2v) is 26.2. The Kier molecular flexibility index (Phi) is 25.0. The Labute approximate surface area is 678 Å². The van der Waals surface area contributed by atoms with Crippen LogP contribution in [0.4, 0.5) is 0 Å². The summed E-state index contributed by atoms with van der Waals surface area (Å²) in [6.45, 7) is 1.33. The second-order valence-electron chi connectivity index (χ2n) is 25.8. The van der Waals surface area contributed by atoms with Crippen LogP contribution in [0.1, 0.15) is 52.5 Å². The van der Waals surface area contributed by atoms with Gasteiger partial charge in [0.25, 0.3) is 22.2 Å². The summed E-state index contributed by atoms with van der Waals surface area (Å²) in [7, 11) is 5.95. The largest absolute Gasteiger partial charge is 0.506 e. The minimum Gasteiger partial charge on any atom is -0.506 e. The van der Waals surface area contributed by atoms with E-state index in [0.717, 1.165) is 10.3 Å². The van der Waals surface area contributed by atoms with Crippen LogP contribution in [0.5, 0.6) is 57.5 Å². The number of phenolic OH excluding ortho intramolecular Hbond substituents is 5. The third kappa shape index (κ3) is 17.6. The van der Waals surface area contributed by atoms with Crippen molar-refractivity contribution < 1.29 is 54.0 Å². The lowest BCUT2D eigenvalue weighted by atomic mass is 10.1. The minimum absolute atomic E-state index is 0.0208. The van der Waals surface area contributed by atoms with Crippen LogP contribution in [0.15, 0.2) is 292 Å². The number of halogens is 1. The maximum Gasteiger partial charge on any atom is 0.308 e. The second kappa shape index (κ2) is 36.7. The Hall–Kier alpha value is -15.9. The molecule has 0 bridgehead atoms. The van der Waals surface area contributed by atoms with Crippen LogP contribution >= 0.6 is 11.6 Å². The monoisotopic (exact) mass is 1590 g/mol. The Bertz CT molecular complexity index is 6800. The van der Waals surface area contributed by atoms with Gasteiger partial charge in [0.2, 0.25) is 0 Å².